The molecule has 11 rings (SSSR count). The van der Waals surface area contributed by atoms with Gasteiger partial charge in [0.2, 0.25) is 0 Å². The van der Waals surface area contributed by atoms with Crippen LogP contribution in [0.2, 0.25) is 0 Å². The highest BCUT2D eigenvalue weighted by atomic mass is 15.0. The fraction of sp³-hybridized carbons (Fsp3) is 0.0175. The summed E-state index contributed by atoms with van der Waals surface area (Å²) in [4.78, 5) is 15.0. The van der Waals surface area contributed by atoms with E-state index in [2.05, 4.69) is 192 Å². The first-order chi connectivity index (χ1) is 30.2. The maximum absolute atomic E-state index is 5.04. The number of rotatable bonds is 8. The third-order valence-corrected chi connectivity index (χ3v) is 11.5. The molecule has 0 bridgehead atoms. The lowest BCUT2D eigenvalue weighted by molar-refractivity contribution is 0.998. The lowest BCUT2D eigenvalue weighted by Crippen LogP contribution is -2.02. The topological polar surface area (TPSA) is 43.6 Å². The van der Waals surface area contributed by atoms with E-state index in [-0.39, 0.29) is 0 Å². The molecule has 0 spiro atoms. The maximum atomic E-state index is 5.04. The molecular weight excluding hydrogens is 741 g/mol. The van der Waals surface area contributed by atoms with Crippen molar-refractivity contribution in [3.05, 3.63) is 229 Å². The first kappa shape index (κ1) is 36.0. The van der Waals surface area contributed by atoms with E-state index < -0.39 is 0 Å². The third kappa shape index (κ3) is 6.87. The van der Waals surface area contributed by atoms with Gasteiger partial charge >= 0.3 is 0 Å². The molecule has 0 radical (unpaired) electrons. The summed E-state index contributed by atoms with van der Waals surface area (Å²) in [6.45, 7) is 0. The van der Waals surface area contributed by atoms with Crippen molar-refractivity contribution in [3.8, 4) is 84.4 Å². The number of allylic oxidation sites excluding steroid dienone is 1. The molecule has 10 aromatic rings. The summed E-state index contributed by atoms with van der Waals surface area (Å²) in [6.07, 6.45) is 5.09. The third-order valence-electron chi connectivity index (χ3n) is 11.5. The Bertz CT molecular complexity index is 3250. The molecule has 0 unspecified atom stereocenters. The van der Waals surface area contributed by atoms with E-state index in [0.29, 0.717) is 17.5 Å². The van der Waals surface area contributed by atoms with Crippen molar-refractivity contribution < 1.29 is 0 Å². The molecule has 61 heavy (non-hydrogen) atoms. The maximum Gasteiger partial charge on any atom is 0.164 e. The second kappa shape index (κ2) is 15.5. The number of hydrogen-bond acceptors (Lipinski definition) is 3. The van der Waals surface area contributed by atoms with Crippen LogP contribution in [0.1, 0.15) is 11.3 Å². The first-order valence-electron chi connectivity index (χ1n) is 20.7. The predicted molar refractivity (Wildman–Crippen MR) is 251 cm³/mol. The fourth-order valence-electron chi connectivity index (χ4n) is 8.52. The quantitative estimate of drug-likeness (QED) is 0.144. The molecule has 0 amide bonds. The minimum atomic E-state index is 0.631. The van der Waals surface area contributed by atoms with Crippen molar-refractivity contribution in [1.29, 1.82) is 0 Å². The van der Waals surface area contributed by atoms with Gasteiger partial charge in [-0.15, -0.1) is 5.73 Å². The minimum absolute atomic E-state index is 0.631. The van der Waals surface area contributed by atoms with Gasteiger partial charge in [-0.2, -0.15) is 0 Å². The molecule has 0 saturated heterocycles. The van der Waals surface area contributed by atoms with Crippen LogP contribution >= 0.6 is 0 Å². The molecule has 0 saturated carbocycles. The van der Waals surface area contributed by atoms with Gasteiger partial charge in [0, 0.05) is 45.4 Å². The standard InChI is InChI=1S/C57H38N4/c1-5-16-39(17-6-1)41-28-32-45(33-29-41)56-58-55(44-22-11-4-12-23-44)59-57(60-56)46-34-30-42(31-35-46)47-24-15-25-49(36-47)61-52-27-14-13-26-50(52)54-51(43-20-9-3-10-21-43)37-48(38-53(54)61)40-18-7-2-8-19-40/h1-12,14-26,28-38H,27H2. The van der Waals surface area contributed by atoms with Crippen molar-refractivity contribution >= 4 is 17.0 Å². The second-order valence-corrected chi connectivity index (χ2v) is 15.3. The molecule has 0 atom stereocenters. The highest BCUT2D eigenvalue weighted by Gasteiger charge is 2.23. The normalized spacial score (nSPS) is 11.8. The van der Waals surface area contributed by atoms with Gasteiger partial charge in [0.1, 0.15) is 0 Å². The molecule has 1 aliphatic rings. The van der Waals surface area contributed by atoms with Gasteiger partial charge in [-0.05, 0) is 80.9 Å². The van der Waals surface area contributed by atoms with Crippen molar-refractivity contribution in [2.75, 3.05) is 0 Å². The van der Waals surface area contributed by atoms with Gasteiger partial charge in [-0.25, -0.2) is 15.0 Å². The summed E-state index contributed by atoms with van der Waals surface area (Å²) < 4.78 is 2.46. The molecule has 0 fully saturated rings. The summed E-state index contributed by atoms with van der Waals surface area (Å²) >= 11 is 0. The molecule has 0 aliphatic heterocycles. The van der Waals surface area contributed by atoms with E-state index in [0.717, 1.165) is 45.5 Å². The van der Waals surface area contributed by atoms with E-state index in [4.69, 9.17) is 15.0 Å². The van der Waals surface area contributed by atoms with Crippen molar-refractivity contribution in [2.24, 2.45) is 0 Å². The Hall–Kier alpha value is -8.17. The molecule has 2 aromatic heterocycles. The average molecular weight is 779 g/mol. The first-order valence-corrected chi connectivity index (χ1v) is 20.7. The van der Waals surface area contributed by atoms with Crippen LogP contribution in [0.25, 0.3) is 101 Å². The summed E-state index contributed by atoms with van der Waals surface area (Å²) in [5, 5.41) is 1.25. The zero-order chi connectivity index (χ0) is 40.5. The van der Waals surface area contributed by atoms with Gasteiger partial charge in [0.25, 0.3) is 0 Å². The summed E-state index contributed by atoms with van der Waals surface area (Å²) in [5.74, 6) is 1.91. The molecule has 0 N–H and O–H groups in total. The Labute approximate surface area is 355 Å². The van der Waals surface area contributed by atoms with Gasteiger partial charge < -0.3 is 4.57 Å². The monoisotopic (exact) mass is 778 g/mol. The Balaban J connectivity index is 0.990. The molecule has 286 valence electrons. The van der Waals surface area contributed by atoms with Crippen LogP contribution < -0.4 is 0 Å². The Kier molecular flexibility index (Phi) is 9.16. The van der Waals surface area contributed by atoms with Gasteiger partial charge in [0.05, 0.1) is 5.52 Å². The van der Waals surface area contributed by atoms with Gasteiger partial charge in [0.15, 0.2) is 17.5 Å². The zero-order valence-corrected chi connectivity index (χ0v) is 33.3. The highest BCUT2D eigenvalue weighted by Crippen LogP contribution is 2.42. The van der Waals surface area contributed by atoms with E-state index in [1.54, 1.807) is 0 Å². The SMILES string of the molecule is C1=CCc2c(c3c(-c4ccccc4)cc(-c4ccccc4)cc3n2-c2cccc(-c3ccc(-c4nc(-c5ccccc5)nc(-c5ccc(-c6ccccc6)cc5)n4)cc3)c2)C=1. The lowest BCUT2D eigenvalue weighted by atomic mass is 9.93. The summed E-state index contributed by atoms with van der Waals surface area (Å²) in [6, 6.07) is 72.6. The van der Waals surface area contributed by atoms with E-state index in [1.165, 1.54) is 50.0 Å². The van der Waals surface area contributed by atoms with Crippen LogP contribution in [0.5, 0.6) is 0 Å². The van der Waals surface area contributed by atoms with Crippen molar-refractivity contribution in [2.45, 2.75) is 6.42 Å². The number of nitrogens with zero attached hydrogens (tertiary/aromatic N) is 4. The number of benzene rings is 8. The molecular formula is C57H38N4. The van der Waals surface area contributed by atoms with E-state index in [9.17, 15) is 0 Å². The highest BCUT2D eigenvalue weighted by molar-refractivity contribution is 6.06. The van der Waals surface area contributed by atoms with Crippen LogP contribution in [0.3, 0.4) is 0 Å². The fourth-order valence-corrected chi connectivity index (χ4v) is 8.52. The summed E-state index contributed by atoms with van der Waals surface area (Å²) in [5.41, 5.74) is 20.4. The molecule has 4 heteroatoms. The molecule has 1 aliphatic carbocycles. The number of fused-ring (bicyclic) bond motifs is 3. The molecule has 8 aromatic carbocycles. The summed E-state index contributed by atoms with van der Waals surface area (Å²) in [7, 11) is 0. The van der Waals surface area contributed by atoms with Crippen molar-refractivity contribution in [1.82, 2.24) is 19.5 Å². The molecule has 2 heterocycles. The van der Waals surface area contributed by atoms with Crippen LogP contribution in [-0.2, 0) is 6.42 Å². The Morgan fingerprint density at radius 3 is 1.39 bits per heavy atom. The van der Waals surface area contributed by atoms with Crippen LogP contribution in [0.15, 0.2) is 218 Å². The predicted octanol–water partition coefficient (Wildman–Crippen LogP) is 14.2. The van der Waals surface area contributed by atoms with Crippen LogP contribution in [0.4, 0.5) is 0 Å². The Morgan fingerprint density at radius 1 is 0.377 bits per heavy atom. The Morgan fingerprint density at radius 2 is 0.820 bits per heavy atom. The number of aromatic nitrogens is 4. The average Bonchev–Trinajstić information content (AvgIpc) is 3.69. The van der Waals surface area contributed by atoms with E-state index >= 15 is 0 Å². The second-order valence-electron chi connectivity index (χ2n) is 15.3. The van der Waals surface area contributed by atoms with Gasteiger partial charge in [-0.3, -0.25) is 0 Å². The minimum Gasteiger partial charge on any atom is -0.313 e. The largest absolute Gasteiger partial charge is 0.313 e. The van der Waals surface area contributed by atoms with Gasteiger partial charge in [-0.1, -0.05) is 182 Å². The smallest absolute Gasteiger partial charge is 0.164 e. The van der Waals surface area contributed by atoms with E-state index in [1.807, 2.05) is 36.4 Å². The van der Waals surface area contributed by atoms with Crippen molar-refractivity contribution in [3.63, 3.8) is 0 Å². The van der Waals surface area contributed by atoms with Crippen LogP contribution in [-0.4, -0.2) is 19.5 Å². The number of hydrogen-bond donors (Lipinski definition) is 0. The van der Waals surface area contributed by atoms with Crippen LogP contribution in [0, 0.1) is 0 Å². The zero-order valence-electron chi connectivity index (χ0n) is 33.3. The lowest BCUT2D eigenvalue weighted by Gasteiger charge is -2.14. The molecule has 4 nitrogen and oxygen atoms in total.